The van der Waals surface area contributed by atoms with Crippen molar-refractivity contribution in [2.24, 2.45) is 5.92 Å². The Bertz CT molecular complexity index is 1590. The van der Waals surface area contributed by atoms with Crippen molar-refractivity contribution in [2.75, 3.05) is 11.9 Å². The van der Waals surface area contributed by atoms with Gasteiger partial charge in [-0.1, -0.05) is 60.3 Å². The van der Waals surface area contributed by atoms with E-state index in [2.05, 4.69) is 39.6 Å². The molecule has 1 saturated carbocycles. The van der Waals surface area contributed by atoms with Gasteiger partial charge in [0.25, 0.3) is 0 Å². The number of amides is 2. The fourth-order valence-corrected chi connectivity index (χ4v) is 6.57. The van der Waals surface area contributed by atoms with Gasteiger partial charge in [0.05, 0.1) is 18.8 Å². The Balaban J connectivity index is 1.03. The Kier molecular flexibility index (Phi) is 6.44. The number of benzene rings is 3. The third kappa shape index (κ3) is 4.82. The molecule has 0 unspecified atom stereocenters. The lowest BCUT2D eigenvalue weighted by atomic mass is 9.98. The van der Waals surface area contributed by atoms with Gasteiger partial charge in [0.15, 0.2) is 0 Å². The van der Waals surface area contributed by atoms with E-state index in [0.717, 1.165) is 34.7 Å². The predicted molar refractivity (Wildman–Crippen MR) is 153 cm³/mol. The molecule has 1 aromatic heterocycles. The Labute approximate surface area is 240 Å². The van der Waals surface area contributed by atoms with Gasteiger partial charge in [0.2, 0.25) is 11.2 Å². The first-order valence-electron chi connectivity index (χ1n) is 13.3. The van der Waals surface area contributed by atoms with E-state index in [1.54, 1.807) is 4.90 Å². The van der Waals surface area contributed by atoms with Crippen molar-refractivity contribution in [3.63, 3.8) is 0 Å². The summed E-state index contributed by atoms with van der Waals surface area (Å²) in [5.41, 5.74) is 7.11. The van der Waals surface area contributed by atoms with Gasteiger partial charge in [0, 0.05) is 28.0 Å². The van der Waals surface area contributed by atoms with Crippen LogP contribution in [-0.4, -0.2) is 33.5 Å². The maximum atomic E-state index is 13.2. The molecule has 9 heteroatoms. The zero-order valence-electron chi connectivity index (χ0n) is 21.5. The van der Waals surface area contributed by atoms with E-state index in [0.29, 0.717) is 18.1 Å². The summed E-state index contributed by atoms with van der Waals surface area (Å²) in [6.45, 7) is 0.923. The molecule has 2 amide bonds. The third-order valence-electron chi connectivity index (χ3n) is 7.60. The zero-order valence-corrected chi connectivity index (χ0v) is 23.0. The standard InChI is InChI=1S/C31H25ClN4O3S/c32-30-34-27-16-36(31(38)39-17-26-23-7-3-1-5-21(23)22-6-2-4-8-24(22)26)15-25(27)29(35-30)40-20-13-11-19(12-14-20)33-28(37)18-9-10-18/h1-8,11-14,18,26H,9-10,15-17H2,(H,33,37). The first-order valence-corrected chi connectivity index (χ1v) is 14.5. The lowest BCUT2D eigenvalue weighted by Gasteiger charge is -2.18. The van der Waals surface area contributed by atoms with Gasteiger partial charge >= 0.3 is 6.09 Å². The van der Waals surface area contributed by atoms with Gasteiger partial charge in [-0.05, 0) is 71.0 Å². The normalized spacial score (nSPS) is 15.4. The van der Waals surface area contributed by atoms with Crippen LogP contribution in [0.1, 0.15) is 41.1 Å². The highest BCUT2D eigenvalue weighted by molar-refractivity contribution is 7.99. The van der Waals surface area contributed by atoms with Gasteiger partial charge in [0.1, 0.15) is 11.6 Å². The van der Waals surface area contributed by atoms with Gasteiger partial charge in [-0.3, -0.25) is 9.69 Å². The van der Waals surface area contributed by atoms with E-state index in [1.807, 2.05) is 48.5 Å². The van der Waals surface area contributed by atoms with E-state index < -0.39 is 0 Å². The van der Waals surface area contributed by atoms with Gasteiger partial charge < -0.3 is 10.1 Å². The Morgan fingerprint density at radius 2 is 1.60 bits per heavy atom. The molecule has 1 N–H and O–H groups in total. The van der Waals surface area contributed by atoms with Crippen LogP contribution in [0.2, 0.25) is 5.28 Å². The molecule has 0 radical (unpaired) electrons. The molecule has 2 aliphatic carbocycles. The maximum absolute atomic E-state index is 13.2. The minimum absolute atomic E-state index is 0.00119. The van der Waals surface area contributed by atoms with Crippen LogP contribution in [0.15, 0.2) is 82.7 Å². The second-order valence-corrected chi connectivity index (χ2v) is 11.7. The highest BCUT2D eigenvalue weighted by Crippen LogP contribution is 2.44. The van der Waals surface area contributed by atoms with Crippen molar-refractivity contribution in [1.29, 1.82) is 0 Å². The summed E-state index contributed by atoms with van der Waals surface area (Å²) in [5.74, 6) is 0.229. The van der Waals surface area contributed by atoms with Crippen LogP contribution in [-0.2, 0) is 22.6 Å². The summed E-state index contributed by atoms with van der Waals surface area (Å²) in [6.07, 6.45) is 1.54. The molecule has 4 aromatic rings. The number of ether oxygens (including phenoxy) is 1. The Hall–Kier alpha value is -3.88. The van der Waals surface area contributed by atoms with E-state index in [1.165, 1.54) is 34.0 Å². The molecule has 7 rings (SSSR count). The molecule has 7 nitrogen and oxygen atoms in total. The number of aromatic nitrogens is 2. The summed E-state index contributed by atoms with van der Waals surface area (Å²) in [6, 6.07) is 24.2. The molecule has 1 aliphatic heterocycles. The first-order chi connectivity index (χ1) is 19.5. The zero-order chi connectivity index (χ0) is 27.2. The molecule has 3 aromatic carbocycles. The van der Waals surface area contributed by atoms with Crippen molar-refractivity contribution in [2.45, 2.75) is 41.8 Å². The van der Waals surface area contributed by atoms with Gasteiger partial charge in [-0.2, -0.15) is 0 Å². The lowest BCUT2D eigenvalue weighted by Crippen LogP contribution is -2.27. The van der Waals surface area contributed by atoms with Crippen LogP contribution in [0.5, 0.6) is 0 Å². The van der Waals surface area contributed by atoms with Crippen LogP contribution < -0.4 is 5.32 Å². The molecular weight excluding hydrogens is 544 g/mol. The van der Waals surface area contributed by atoms with E-state index in [9.17, 15) is 9.59 Å². The van der Waals surface area contributed by atoms with E-state index in [-0.39, 0.29) is 35.7 Å². The SMILES string of the molecule is O=C(Nc1ccc(Sc2nc(Cl)nc3c2CN(C(=O)OCC2c4ccccc4-c4ccccc42)C3)cc1)C1CC1. The van der Waals surface area contributed by atoms with E-state index >= 15 is 0 Å². The minimum atomic E-state index is -0.386. The second kappa shape index (κ2) is 10.3. The third-order valence-corrected chi connectivity index (χ3v) is 8.80. The minimum Gasteiger partial charge on any atom is -0.448 e. The van der Waals surface area contributed by atoms with Crippen molar-refractivity contribution in [3.8, 4) is 11.1 Å². The fourth-order valence-electron chi connectivity index (χ4n) is 5.40. The Morgan fingerprint density at radius 1 is 0.925 bits per heavy atom. The number of hydrogen-bond donors (Lipinski definition) is 1. The molecule has 40 heavy (non-hydrogen) atoms. The lowest BCUT2D eigenvalue weighted by molar-refractivity contribution is -0.117. The molecule has 3 aliphatic rings. The number of nitrogens with zero attached hydrogens (tertiary/aromatic N) is 3. The number of rotatable bonds is 6. The average molecular weight is 569 g/mol. The molecule has 2 heterocycles. The fraction of sp³-hybridized carbons (Fsp3) is 0.226. The van der Waals surface area contributed by atoms with Crippen LogP contribution in [0.4, 0.5) is 10.5 Å². The molecular formula is C31H25ClN4O3S. The topological polar surface area (TPSA) is 84.4 Å². The number of carbonyl (C=O) groups excluding carboxylic acids is 2. The monoisotopic (exact) mass is 568 g/mol. The summed E-state index contributed by atoms with van der Waals surface area (Å²) in [7, 11) is 0. The number of hydrogen-bond acceptors (Lipinski definition) is 6. The molecule has 0 bridgehead atoms. The maximum Gasteiger partial charge on any atom is 0.410 e. The summed E-state index contributed by atoms with van der Waals surface area (Å²) in [5, 5.41) is 3.80. The largest absolute Gasteiger partial charge is 0.448 e. The van der Waals surface area contributed by atoms with Crippen LogP contribution >= 0.6 is 23.4 Å². The van der Waals surface area contributed by atoms with Crippen molar-refractivity contribution in [1.82, 2.24) is 14.9 Å². The quantitative estimate of drug-likeness (QED) is 0.201. The van der Waals surface area contributed by atoms with Crippen molar-refractivity contribution in [3.05, 3.63) is 100 Å². The highest BCUT2D eigenvalue weighted by atomic mass is 35.5. The van der Waals surface area contributed by atoms with Crippen molar-refractivity contribution >= 4 is 41.1 Å². The summed E-state index contributed by atoms with van der Waals surface area (Å²) in [4.78, 5) is 36.7. The summed E-state index contributed by atoms with van der Waals surface area (Å²) < 4.78 is 5.87. The number of fused-ring (bicyclic) bond motifs is 4. The molecule has 0 saturated heterocycles. The Morgan fingerprint density at radius 3 is 2.27 bits per heavy atom. The number of nitrogens with one attached hydrogen (secondary N) is 1. The van der Waals surface area contributed by atoms with Gasteiger partial charge in [-0.15, -0.1) is 0 Å². The predicted octanol–water partition coefficient (Wildman–Crippen LogP) is 6.89. The summed E-state index contributed by atoms with van der Waals surface area (Å²) >= 11 is 7.72. The van der Waals surface area contributed by atoms with Crippen LogP contribution in [0.3, 0.4) is 0 Å². The number of carbonyl (C=O) groups is 2. The van der Waals surface area contributed by atoms with Gasteiger partial charge in [-0.25, -0.2) is 14.8 Å². The van der Waals surface area contributed by atoms with E-state index in [4.69, 9.17) is 16.3 Å². The molecule has 1 fully saturated rings. The molecule has 200 valence electrons. The van der Waals surface area contributed by atoms with Crippen LogP contribution in [0.25, 0.3) is 11.1 Å². The first kappa shape index (κ1) is 25.1. The van der Waals surface area contributed by atoms with Crippen LogP contribution in [0, 0.1) is 5.92 Å². The average Bonchev–Trinajstić information content (AvgIpc) is 3.66. The molecule has 0 spiro atoms. The smallest absolute Gasteiger partial charge is 0.410 e. The number of anilines is 1. The highest BCUT2D eigenvalue weighted by Gasteiger charge is 2.33. The molecule has 0 atom stereocenters. The van der Waals surface area contributed by atoms with Crippen molar-refractivity contribution < 1.29 is 14.3 Å². The number of halogens is 1. The second-order valence-electron chi connectivity index (χ2n) is 10.3.